The monoisotopic (exact) mass is 337 g/mol. The molecule has 0 bridgehead atoms. The first kappa shape index (κ1) is 17.1. The summed E-state index contributed by atoms with van der Waals surface area (Å²) >= 11 is 6.05. The van der Waals surface area contributed by atoms with Gasteiger partial charge in [-0.1, -0.05) is 18.5 Å². The average Bonchev–Trinajstić information content (AvgIpc) is 2.98. The van der Waals surface area contributed by atoms with Crippen LogP contribution in [0.5, 0.6) is 5.75 Å². The number of hydrogen-bond donors (Lipinski definition) is 2. The Morgan fingerprint density at radius 2 is 2.22 bits per heavy atom. The lowest BCUT2D eigenvalue weighted by atomic mass is 10.2. The number of aromatic nitrogens is 3. The Hall–Kier alpha value is -2.28. The van der Waals surface area contributed by atoms with E-state index in [4.69, 9.17) is 16.3 Å². The third-order valence-corrected chi connectivity index (χ3v) is 3.79. The van der Waals surface area contributed by atoms with Crippen LogP contribution in [0.15, 0.2) is 18.5 Å². The lowest BCUT2D eigenvalue weighted by Gasteiger charge is -2.13. The Morgan fingerprint density at radius 3 is 2.91 bits per heavy atom. The van der Waals surface area contributed by atoms with Crippen molar-refractivity contribution < 1.29 is 9.53 Å². The molecule has 0 unspecified atom stereocenters. The molecule has 0 saturated heterocycles. The summed E-state index contributed by atoms with van der Waals surface area (Å²) in [5, 5.41) is 14.0. The van der Waals surface area contributed by atoms with Crippen molar-refractivity contribution in [3.05, 3.63) is 34.9 Å². The highest BCUT2D eigenvalue weighted by molar-refractivity contribution is 6.31. The molecule has 2 amide bonds. The molecule has 23 heavy (non-hydrogen) atoms. The van der Waals surface area contributed by atoms with Crippen molar-refractivity contribution in [3.8, 4) is 5.75 Å². The zero-order valence-corrected chi connectivity index (χ0v) is 14.1. The predicted molar refractivity (Wildman–Crippen MR) is 89.2 cm³/mol. The first-order valence-corrected chi connectivity index (χ1v) is 7.68. The first-order chi connectivity index (χ1) is 11.0. The number of ether oxygens (including phenoxy) is 1. The van der Waals surface area contributed by atoms with Crippen LogP contribution in [-0.2, 0) is 13.0 Å². The molecule has 1 aromatic carbocycles. The zero-order chi connectivity index (χ0) is 16.8. The SMILES string of the molecule is CCc1nncn1CCNC(=O)Nc1cc(C)c(Cl)cc1OC. The maximum atomic E-state index is 12.0. The van der Waals surface area contributed by atoms with Gasteiger partial charge in [0.1, 0.15) is 17.9 Å². The second-order valence-electron chi connectivity index (χ2n) is 4.98. The van der Waals surface area contributed by atoms with Gasteiger partial charge in [0.05, 0.1) is 12.8 Å². The highest BCUT2D eigenvalue weighted by atomic mass is 35.5. The van der Waals surface area contributed by atoms with E-state index in [2.05, 4.69) is 20.8 Å². The fourth-order valence-corrected chi connectivity index (χ4v) is 2.28. The number of nitrogens with zero attached hydrogens (tertiary/aromatic N) is 3. The zero-order valence-electron chi connectivity index (χ0n) is 13.4. The topological polar surface area (TPSA) is 81.1 Å². The number of carbonyl (C=O) groups excluding carboxylic acids is 1. The number of amides is 2. The van der Waals surface area contributed by atoms with E-state index in [1.807, 2.05) is 18.4 Å². The van der Waals surface area contributed by atoms with Crippen LogP contribution >= 0.6 is 11.6 Å². The lowest BCUT2D eigenvalue weighted by molar-refractivity contribution is 0.251. The molecule has 2 rings (SSSR count). The molecule has 1 heterocycles. The standard InChI is InChI=1S/C15H20ClN5O2/c1-4-14-20-18-9-21(14)6-5-17-15(22)19-12-7-10(2)11(16)8-13(12)23-3/h7-9H,4-6H2,1-3H3,(H2,17,19,22). The Morgan fingerprint density at radius 1 is 1.43 bits per heavy atom. The summed E-state index contributed by atoms with van der Waals surface area (Å²) in [6, 6.07) is 3.14. The fourth-order valence-electron chi connectivity index (χ4n) is 2.13. The highest BCUT2D eigenvalue weighted by Crippen LogP contribution is 2.30. The smallest absolute Gasteiger partial charge is 0.319 e. The lowest BCUT2D eigenvalue weighted by Crippen LogP contribution is -2.31. The molecule has 0 aliphatic heterocycles. The summed E-state index contributed by atoms with van der Waals surface area (Å²) in [5.74, 6) is 1.41. The fraction of sp³-hybridized carbons (Fsp3) is 0.400. The van der Waals surface area contributed by atoms with Gasteiger partial charge in [-0.15, -0.1) is 10.2 Å². The summed E-state index contributed by atoms with van der Waals surface area (Å²) in [6.07, 6.45) is 2.46. The van der Waals surface area contributed by atoms with E-state index in [0.717, 1.165) is 17.8 Å². The number of methoxy groups -OCH3 is 1. The Bertz CT molecular complexity index is 687. The molecule has 8 heteroatoms. The second-order valence-corrected chi connectivity index (χ2v) is 5.38. The third-order valence-electron chi connectivity index (χ3n) is 3.38. The van der Waals surface area contributed by atoms with Crippen LogP contribution in [0.25, 0.3) is 0 Å². The molecule has 2 N–H and O–H groups in total. The number of urea groups is 1. The number of rotatable bonds is 6. The van der Waals surface area contributed by atoms with E-state index in [-0.39, 0.29) is 6.03 Å². The molecule has 0 radical (unpaired) electrons. The number of hydrogen-bond acceptors (Lipinski definition) is 4. The highest BCUT2D eigenvalue weighted by Gasteiger charge is 2.10. The van der Waals surface area contributed by atoms with Crippen LogP contribution in [0.3, 0.4) is 0 Å². The summed E-state index contributed by atoms with van der Waals surface area (Å²) < 4.78 is 7.14. The van der Waals surface area contributed by atoms with Crippen LogP contribution in [0.2, 0.25) is 5.02 Å². The van der Waals surface area contributed by atoms with Gasteiger partial charge in [-0.3, -0.25) is 0 Å². The number of benzene rings is 1. The van der Waals surface area contributed by atoms with Crippen LogP contribution in [-0.4, -0.2) is 34.5 Å². The Labute approximate surface area is 140 Å². The molecule has 2 aromatic rings. The van der Waals surface area contributed by atoms with Crippen LogP contribution in [0.4, 0.5) is 10.5 Å². The second kappa shape index (κ2) is 7.82. The molecule has 1 aromatic heterocycles. The van der Waals surface area contributed by atoms with E-state index in [9.17, 15) is 4.79 Å². The molecule has 0 spiro atoms. The van der Waals surface area contributed by atoms with Gasteiger partial charge in [0, 0.05) is 30.6 Å². The van der Waals surface area contributed by atoms with Crippen molar-refractivity contribution in [1.82, 2.24) is 20.1 Å². The number of aryl methyl sites for hydroxylation is 2. The van der Waals surface area contributed by atoms with Crippen molar-refractivity contribution in [1.29, 1.82) is 0 Å². The quantitative estimate of drug-likeness (QED) is 0.849. The molecule has 0 saturated carbocycles. The maximum Gasteiger partial charge on any atom is 0.319 e. The van der Waals surface area contributed by atoms with Crippen molar-refractivity contribution in [2.45, 2.75) is 26.8 Å². The van der Waals surface area contributed by atoms with Gasteiger partial charge in [-0.2, -0.15) is 0 Å². The van der Waals surface area contributed by atoms with Gasteiger partial charge in [0.2, 0.25) is 0 Å². The first-order valence-electron chi connectivity index (χ1n) is 7.30. The van der Waals surface area contributed by atoms with E-state index < -0.39 is 0 Å². The molecule has 0 fully saturated rings. The van der Waals surface area contributed by atoms with Crippen LogP contribution in [0.1, 0.15) is 18.3 Å². The van der Waals surface area contributed by atoms with Crippen LogP contribution < -0.4 is 15.4 Å². The molecule has 0 aliphatic carbocycles. The molecule has 7 nitrogen and oxygen atoms in total. The molecular weight excluding hydrogens is 318 g/mol. The molecule has 0 aliphatic rings. The van der Waals surface area contributed by atoms with Gasteiger partial charge in [-0.05, 0) is 18.6 Å². The largest absolute Gasteiger partial charge is 0.495 e. The van der Waals surface area contributed by atoms with E-state index in [1.54, 1.807) is 18.5 Å². The Balaban J connectivity index is 1.91. The summed E-state index contributed by atoms with van der Waals surface area (Å²) in [7, 11) is 1.53. The van der Waals surface area contributed by atoms with Crippen molar-refractivity contribution in [2.24, 2.45) is 0 Å². The summed E-state index contributed by atoms with van der Waals surface area (Å²) in [6.45, 7) is 4.95. The predicted octanol–water partition coefficient (Wildman–Crippen LogP) is 2.63. The number of nitrogens with one attached hydrogen (secondary N) is 2. The van der Waals surface area contributed by atoms with E-state index in [0.29, 0.717) is 29.5 Å². The molecular formula is C15H20ClN5O2. The number of anilines is 1. The van der Waals surface area contributed by atoms with E-state index in [1.165, 1.54) is 7.11 Å². The maximum absolute atomic E-state index is 12.0. The van der Waals surface area contributed by atoms with Crippen LogP contribution in [0, 0.1) is 6.92 Å². The number of halogens is 1. The summed E-state index contributed by atoms with van der Waals surface area (Å²) in [4.78, 5) is 12.0. The van der Waals surface area contributed by atoms with Gasteiger partial charge in [0.15, 0.2) is 0 Å². The van der Waals surface area contributed by atoms with Crippen molar-refractivity contribution in [2.75, 3.05) is 19.0 Å². The number of carbonyl (C=O) groups is 1. The molecule has 0 atom stereocenters. The molecule has 124 valence electrons. The minimum absolute atomic E-state index is 0.309. The van der Waals surface area contributed by atoms with Crippen molar-refractivity contribution >= 4 is 23.3 Å². The van der Waals surface area contributed by atoms with Gasteiger partial charge in [-0.25, -0.2) is 4.79 Å². The minimum atomic E-state index is -0.309. The Kier molecular flexibility index (Phi) is 5.81. The van der Waals surface area contributed by atoms with Gasteiger partial charge >= 0.3 is 6.03 Å². The van der Waals surface area contributed by atoms with Crippen molar-refractivity contribution in [3.63, 3.8) is 0 Å². The third kappa shape index (κ3) is 4.35. The van der Waals surface area contributed by atoms with E-state index >= 15 is 0 Å². The summed E-state index contributed by atoms with van der Waals surface area (Å²) in [5.41, 5.74) is 1.44. The normalized spacial score (nSPS) is 10.4. The van der Waals surface area contributed by atoms with Gasteiger partial charge in [0.25, 0.3) is 0 Å². The average molecular weight is 338 g/mol. The minimum Gasteiger partial charge on any atom is -0.495 e. The van der Waals surface area contributed by atoms with Gasteiger partial charge < -0.3 is 19.9 Å².